The fourth-order valence-electron chi connectivity index (χ4n) is 4.34. The van der Waals surface area contributed by atoms with Gasteiger partial charge in [0, 0.05) is 6.04 Å². The van der Waals surface area contributed by atoms with Crippen molar-refractivity contribution in [2.75, 3.05) is 6.61 Å². The van der Waals surface area contributed by atoms with Gasteiger partial charge in [0.2, 0.25) is 0 Å². The molecular formula is C19H25NO4. The molecule has 2 saturated carbocycles. The summed E-state index contributed by atoms with van der Waals surface area (Å²) in [5.41, 5.74) is 0.683. The van der Waals surface area contributed by atoms with Crippen molar-refractivity contribution in [3.63, 3.8) is 0 Å². The average Bonchev–Trinajstić information content (AvgIpc) is 3.18. The molecule has 0 unspecified atom stereocenters. The lowest BCUT2D eigenvalue weighted by atomic mass is 9.84. The van der Waals surface area contributed by atoms with Crippen LogP contribution in [0.4, 0.5) is 0 Å². The van der Waals surface area contributed by atoms with Crippen molar-refractivity contribution in [1.29, 1.82) is 0 Å². The topological polar surface area (TPSA) is 75.6 Å². The Morgan fingerprint density at radius 2 is 2.12 bits per heavy atom. The molecule has 2 fully saturated rings. The van der Waals surface area contributed by atoms with Gasteiger partial charge in [-0.1, -0.05) is 18.6 Å². The third-order valence-corrected chi connectivity index (χ3v) is 5.62. The number of carbonyl (C=O) groups is 2. The molecule has 1 amide bonds. The lowest BCUT2D eigenvalue weighted by Crippen LogP contribution is -2.42. The van der Waals surface area contributed by atoms with E-state index in [1.165, 1.54) is 31.7 Å². The van der Waals surface area contributed by atoms with Gasteiger partial charge in [0.1, 0.15) is 11.3 Å². The van der Waals surface area contributed by atoms with Gasteiger partial charge in [0.25, 0.3) is 5.91 Å². The highest BCUT2D eigenvalue weighted by Gasteiger charge is 2.42. The molecule has 0 aliphatic heterocycles. The molecule has 2 N–H and O–H groups in total. The first-order valence-electron chi connectivity index (χ1n) is 8.70. The van der Waals surface area contributed by atoms with Crippen molar-refractivity contribution in [3.8, 4) is 5.75 Å². The number of ether oxygens (including phenoxy) is 1. The van der Waals surface area contributed by atoms with Crippen LogP contribution < -0.4 is 5.32 Å². The summed E-state index contributed by atoms with van der Waals surface area (Å²) in [5.74, 6) is 1.05. The average molecular weight is 331 g/mol. The number of benzene rings is 1. The number of fused-ring (bicyclic) bond motifs is 2. The van der Waals surface area contributed by atoms with Gasteiger partial charge in [-0.05, 0) is 62.5 Å². The molecule has 5 nitrogen and oxygen atoms in total. The minimum absolute atomic E-state index is 0.0870. The molecule has 2 bridgehead atoms. The van der Waals surface area contributed by atoms with Gasteiger partial charge in [-0.15, -0.1) is 0 Å². The maximum atomic E-state index is 12.1. The van der Waals surface area contributed by atoms with Crippen molar-refractivity contribution in [2.24, 2.45) is 17.8 Å². The van der Waals surface area contributed by atoms with E-state index in [2.05, 4.69) is 5.32 Å². The third-order valence-electron chi connectivity index (χ3n) is 5.62. The Hall–Kier alpha value is -2.04. The first kappa shape index (κ1) is 16.8. The number of rotatable bonds is 5. The minimum atomic E-state index is -0.682. The second-order valence-electron chi connectivity index (χ2n) is 7.24. The van der Waals surface area contributed by atoms with E-state index in [4.69, 9.17) is 4.74 Å². The molecule has 1 aromatic carbocycles. The van der Waals surface area contributed by atoms with Crippen molar-refractivity contribution >= 4 is 11.9 Å². The Morgan fingerprint density at radius 3 is 2.79 bits per heavy atom. The van der Waals surface area contributed by atoms with Crippen LogP contribution in [0.25, 0.3) is 0 Å². The number of esters is 1. The van der Waals surface area contributed by atoms with E-state index in [-0.39, 0.29) is 29.9 Å². The van der Waals surface area contributed by atoms with Crippen molar-refractivity contribution < 1.29 is 19.4 Å². The van der Waals surface area contributed by atoms with Crippen LogP contribution in [0, 0.1) is 24.7 Å². The van der Waals surface area contributed by atoms with Gasteiger partial charge >= 0.3 is 5.97 Å². The lowest BCUT2D eigenvalue weighted by molar-refractivity contribution is -0.125. The number of aromatic hydroxyl groups is 1. The van der Waals surface area contributed by atoms with Gasteiger partial charge in [0.05, 0.1) is 0 Å². The van der Waals surface area contributed by atoms with E-state index in [9.17, 15) is 14.7 Å². The number of phenolic OH excluding ortho intramolecular Hbond substituents is 1. The Morgan fingerprint density at radius 1 is 1.33 bits per heavy atom. The predicted molar refractivity (Wildman–Crippen MR) is 89.7 cm³/mol. The first-order valence-corrected chi connectivity index (χ1v) is 8.70. The zero-order chi connectivity index (χ0) is 17.3. The molecule has 2 aliphatic carbocycles. The number of carbonyl (C=O) groups excluding carboxylic acids is 2. The SMILES string of the molecule is Cc1cccc(C(=O)OCC(=O)N[C@H](C)[C@@H]2C[C@H]3CC[C@H]2C3)c1O. The number of amides is 1. The molecule has 2 aliphatic rings. The molecule has 0 spiro atoms. The van der Waals surface area contributed by atoms with Crippen LogP contribution in [0.1, 0.15) is 48.5 Å². The van der Waals surface area contributed by atoms with Crippen LogP contribution >= 0.6 is 0 Å². The Kier molecular flexibility index (Phi) is 4.78. The van der Waals surface area contributed by atoms with Crippen molar-refractivity contribution in [1.82, 2.24) is 5.32 Å². The second kappa shape index (κ2) is 6.83. The summed E-state index contributed by atoms with van der Waals surface area (Å²) in [7, 11) is 0. The highest BCUT2D eigenvalue weighted by atomic mass is 16.5. The first-order chi connectivity index (χ1) is 11.5. The smallest absolute Gasteiger partial charge is 0.342 e. The quantitative estimate of drug-likeness (QED) is 0.814. The molecule has 0 heterocycles. The zero-order valence-electron chi connectivity index (χ0n) is 14.2. The fraction of sp³-hybridized carbons (Fsp3) is 0.579. The molecule has 24 heavy (non-hydrogen) atoms. The number of hydrogen-bond donors (Lipinski definition) is 2. The summed E-state index contributed by atoms with van der Waals surface area (Å²) in [6.45, 7) is 3.42. The van der Waals surface area contributed by atoms with Crippen LogP contribution in [0.2, 0.25) is 0 Å². The fourth-order valence-corrected chi connectivity index (χ4v) is 4.34. The molecule has 3 rings (SSSR count). The van der Waals surface area contributed by atoms with Gasteiger partial charge in [0.15, 0.2) is 6.61 Å². The number of aryl methyl sites for hydroxylation is 1. The van der Waals surface area contributed by atoms with E-state index in [1.54, 1.807) is 19.1 Å². The van der Waals surface area contributed by atoms with E-state index in [1.807, 2.05) is 6.92 Å². The molecule has 5 heteroatoms. The lowest BCUT2D eigenvalue weighted by Gasteiger charge is -2.28. The van der Waals surface area contributed by atoms with E-state index in [0.717, 1.165) is 11.8 Å². The van der Waals surface area contributed by atoms with Gasteiger partial charge < -0.3 is 15.2 Å². The molecule has 130 valence electrons. The summed E-state index contributed by atoms with van der Waals surface area (Å²) in [4.78, 5) is 24.1. The molecule has 0 radical (unpaired) electrons. The number of phenols is 1. The van der Waals surface area contributed by atoms with Crippen LogP contribution in [0.5, 0.6) is 5.75 Å². The highest BCUT2D eigenvalue weighted by molar-refractivity contribution is 5.94. The largest absolute Gasteiger partial charge is 0.507 e. The monoisotopic (exact) mass is 331 g/mol. The van der Waals surface area contributed by atoms with Gasteiger partial charge in [-0.2, -0.15) is 0 Å². The maximum Gasteiger partial charge on any atom is 0.342 e. The van der Waals surface area contributed by atoms with Crippen LogP contribution in [-0.2, 0) is 9.53 Å². The molecule has 4 atom stereocenters. The summed E-state index contributed by atoms with van der Waals surface area (Å²) < 4.78 is 5.04. The van der Waals surface area contributed by atoms with E-state index in [0.29, 0.717) is 11.5 Å². The second-order valence-corrected chi connectivity index (χ2v) is 7.24. The van der Waals surface area contributed by atoms with Crippen LogP contribution in [-0.4, -0.2) is 29.6 Å². The normalized spacial score (nSPS) is 26.2. The van der Waals surface area contributed by atoms with Crippen LogP contribution in [0.3, 0.4) is 0 Å². The summed E-state index contributed by atoms with van der Waals surface area (Å²) in [6.07, 6.45) is 5.10. The van der Waals surface area contributed by atoms with Gasteiger partial charge in [-0.25, -0.2) is 4.79 Å². The number of hydrogen-bond acceptors (Lipinski definition) is 4. The number of nitrogens with one attached hydrogen (secondary N) is 1. The summed E-state index contributed by atoms with van der Waals surface area (Å²) in [5, 5.41) is 12.8. The Labute approximate surface area is 142 Å². The summed E-state index contributed by atoms with van der Waals surface area (Å²) in [6, 6.07) is 4.97. The Bertz CT molecular complexity index is 642. The molecule has 0 aromatic heterocycles. The van der Waals surface area contributed by atoms with Crippen molar-refractivity contribution in [3.05, 3.63) is 29.3 Å². The zero-order valence-corrected chi connectivity index (χ0v) is 14.2. The molecule has 0 saturated heterocycles. The summed E-state index contributed by atoms with van der Waals surface area (Å²) >= 11 is 0. The maximum absolute atomic E-state index is 12.1. The third kappa shape index (κ3) is 3.40. The highest BCUT2D eigenvalue weighted by Crippen LogP contribution is 2.49. The van der Waals surface area contributed by atoms with Gasteiger partial charge in [-0.3, -0.25) is 4.79 Å². The van der Waals surface area contributed by atoms with E-state index < -0.39 is 5.97 Å². The van der Waals surface area contributed by atoms with Crippen LogP contribution in [0.15, 0.2) is 18.2 Å². The molecule has 1 aromatic rings. The molecular weight excluding hydrogens is 306 g/mol. The van der Waals surface area contributed by atoms with E-state index >= 15 is 0 Å². The minimum Gasteiger partial charge on any atom is -0.507 e. The predicted octanol–water partition coefficient (Wildman–Crippen LogP) is 2.80. The Balaban J connectivity index is 1.48. The number of para-hydroxylation sites is 1. The van der Waals surface area contributed by atoms with Crippen molar-refractivity contribution in [2.45, 2.75) is 45.6 Å². The standard InChI is InChI=1S/C19H25NO4/c1-11-4-3-5-15(18(11)22)19(23)24-10-17(21)20-12(2)16-9-13-6-7-14(16)8-13/h3-5,12-14,16,22H,6-10H2,1-2H3,(H,20,21)/t12-,13+,14+,16+/m1/s1.